The summed E-state index contributed by atoms with van der Waals surface area (Å²) in [6.07, 6.45) is -0.0374. The number of amides is 1. The van der Waals surface area contributed by atoms with Crippen LogP contribution in [0, 0.1) is 13.8 Å². The largest absolute Gasteiger partial charge is 0.479 e. The molecule has 0 spiro atoms. The third-order valence-corrected chi connectivity index (χ3v) is 5.60. The molecule has 0 bridgehead atoms. The highest BCUT2D eigenvalue weighted by atomic mass is 32.2. The second-order valence-electron chi connectivity index (χ2n) is 6.31. The van der Waals surface area contributed by atoms with Crippen molar-refractivity contribution in [2.24, 2.45) is 0 Å². The Kier molecular flexibility index (Phi) is 5.01. The van der Waals surface area contributed by atoms with E-state index < -0.39 is 16.1 Å². The minimum absolute atomic E-state index is 0.103. The van der Waals surface area contributed by atoms with Gasteiger partial charge in [-0.25, -0.2) is 13.1 Å². The number of anilines is 1. The maximum Gasteiger partial charge on any atom is 0.265 e. The van der Waals surface area contributed by atoms with Gasteiger partial charge in [-0.05, 0) is 45.4 Å². The number of carbonyl (C=O) groups is 1. The lowest BCUT2D eigenvalue weighted by Gasteiger charge is -2.23. The lowest BCUT2D eigenvalue weighted by Crippen LogP contribution is -2.34. The number of carbonyl (C=O) groups excluding carboxylic acids is 1. The van der Waals surface area contributed by atoms with E-state index in [1.54, 1.807) is 6.92 Å². The van der Waals surface area contributed by atoms with E-state index in [2.05, 4.69) is 15.1 Å². The van der Waals surface area contributed by atoms with Gasteiger partial charge in [-0.3, -0.25) is 9.48 Å². The van der Waals surface area contributed by atoms with Crippen LogP contribution in [0.15, 0.2) is 29.2 Å². The summed E-state index contributed by atoms with van der Waals surface area (Å²) in [6.45, 7) is 6.44. The van der Waals surface area contributed by atoms with E-state index in [0.717, 1.165) is 11.4 Å². The van der Waals surface area contributed by atoms with E-state index >= 15 is 0 Å². The first-order chi connectivity index (χ1) is 12.3. The number of benzene rings is 1. The second-order valence-corrected chi connectivity index (χ2v) is 8.08. The van der Waals surface area contributed by atoms with Gasteiger partial charge in [0.15, 0.2) is 6.10 Å². The Hall–Kier alpha value is -2.39. The quantitative estimate of drug-likeness (QED) is 0.743. The van der Waals surface area contributed by atoms with Crippen molar-refractivity contribution >= 4 is 21.6 Å². The minimum atomic E-state index is -3.66. The van der Waals surface area contributed by atoms with Crippen LogP contribution in [-0.2, 0) is 21.4 Å². The van der Waals surface area contributed by atoms with E-state index in [0.29, 0.717) is 30.9 Å². The molecule has 1 amide bonds. The van der Waals surface area contributed by atoms with Gasteiger partial charge < -0.3 is 10.1 Å². The molecule has 1 aliphatic rings. The Balaban J connectivity index is 1.62. The fraction of sp³-hybridized carbons (Fsp3) is 0.412. The van der Waals surface area contributed by atoms with Crippen LogP contribution in [-0.4, -0.2) is 36.8 Å². The topological polar surface area (TPSA) is 102 Å². The molecular weight excluding hydrogens is 356 g/mol. The van der Waals surface area contributed by atoms with E-state index in [-0.39, 0.29) is 10.8 Å². The summed E-state index contributed by atoms with van der Waals surface area (Å²) in [6, 6.07) is 6.39. The molecule has 26 heavy (non-hydrogen) atoms. The number of sulfonamides is 1. The Labute approximate surface area is 152 Å². The number of nitrogens with one attached hydrogen (secondary N) is 2. The molecule has 9 heteroatoms. The molecule has 140 valence electrons. The molecule has 8 nitrogen and oxygen atoms in total. The van der Waals surface area contributed by atoms with E-state index in [9.17, 15) is 13.2 Å². The lowest BCUT2D eigenvalue weighted by molar-refractivity contribution is -0.122. The zero-order chi connectivity index (χ0) is 18.9. The molecule has 2 heterocycles. The predicted octanol–water partition coefficient (Wildman–Crippen LogP) is 1.59. The number of hydrogen-bond acceptors (Lipinski definition) is 5. The summed E-state index contributed by atoms with van der Waals surface area (Å²) in [4.78, 5) is 11.7. The molecule has 1 atom stereocenters. The van der Waals surface area contributed by atoms with E-state index in [4.69, 9.17) is 4.74 Å². The van der Waals surface area contributed by atoms with Crippen molar-refractivity contribution in [3.63, 3.8) is 0 Å². The fourth-order valence-corrected chi connectivity index (χ4v) is 3.86. The van der Waals surface area contributed by atoms with Crippen LogP contribution in [0.2, 0.25) is 0 Å². The van der Waals surface area contributed by atoms with Crippen molar-refractivity contribution in [3.8, 4) is 5.75 Å². The van der Waals surface area contributed by atoms with Crippen molar-refractivity contribution in [1.29, 1.82) is 0 Å². The van der Waals surface area contributed by atoms with E-state index in [1.807, 2.05) is 24.6 Å². The summed E-state index contributed by atoms with van der Waals surface area (Å²) in [5.41, 5.74) is 2.46. The molecule has 0 aliphatic carbocycles. The summed E-state index contributed by atoms with van der Waals surface area (Å²) >= 11 is 0. The Morgan fingerprint density at radius 3 is 2.77 bits per heavy atom. The maximum atomic E-state index is 12.5. The Bertz CT molecular complexity index is 936. The zero-order valence-electron chi connectivity index (χ0n) is 14.9. The van der Waals surface area contributed by atoms with Gasteiger partial charge in [0.1, 0.15) is 5.75 Å². The van der Waals surface area contributed by atoms with Gasteiger partial charge in [-0.2, -0.15) is 5.10 Å². The number of hydrogen-bond donors (Lipinski definition) is 2. The molecule has 0 saturated heterocycles. The molecule has 2 aromatic rings. The van der Waals surface area contributed by atoms with Crippen molar-refractivity contribution in [2.75, 3.05) is 11.9 Å². The summed E-state index contributed by atoms with van der Waals surface area (Å²) < 4.78 is 34.9. The van der Waals surface area contributed by atoms with Gasteiger partial charge in [0, 0.05) is 24.8 Å². The molecule has 0 radical (unpaired) electrons. The Morgan fingerprint density at radius 2 is 2.08 bits per heavy atom. The van der Waals surface area contributed by atoms with Crippen LogP contribution in [0.1, 0.15) is 24.7 Å². The number of rotatable bonds is 6. The summed E-state index contributed by atoms with van der Waals surface area (Å²) in [5.74, 6) is 0.0954. The summed E-state index contributed by atoms with van der Waals surface area (Å²) in [7, 11) is -3.66. The van der Waals surface area contributed by atoms with E-state index in [1.165, 1.54) is 18.2 Å². The van der Waals surface area contributed by atoms with Crippen molar-refractivity contribution in [3.05, 3.63) is 35.7 Å². The first kappa shape index (κ1) is 18.4. The molecule has 0 unspecified atom stereocenters. The van der Waals surface area contributed by atoms with Crippen LogP contribution in [0.25, 0.3) is 0 Å². The van der Waals surface area contributed by atoms with Crippen LogP contribution < -0.4 is 14.8 Å². The van der Waals surface area contributed by atoms with Gasteiger partial charge in [-0.15, -0.1) is 0 Å². The molecule has 1 aromatic heterocycles. The molecule has 1 aliphatic heterocycles. The average molecular weight is 378 g/mol. The van der Waals surface area contributed by atoms with Crippen LogP contribution in [0.3, 0.4) is 0 Å². The van der Waals surface area contributed by atoms with Crippen LogP contribution in [0.5, 0.6) is 5.75 Å². The molecule has 0 fully saturated rings. The molecular formula is C17H22N4O4S. The van der Waals surface area contributed by atoms with Crippen LogP contribution in [0.4, 0.5) is 5.69 Å². The third-order valence-electron chi connectivity index (χ3n) is 4.14. The first-order valence-electron chi connectivity index (χ1n) is 8.38. The number of ether oxygens (including phenoxy) is 1. The highest BCUT2D eigenvalue weighted by Crippen LogP contribution is 2.31. The summed E-state index contributed by atoms with van der Waals surface area (Å²) in [5, 5.41) is 7.03. The molecule has 1 aromatic carbocycles. The number of aromatic nitrogens is 2. The molecule has 3 rings (SSSR count). The maximum absolute atomic E-state index is 12.5. The minimum Gasteiger partial charge on any atom is -0.479 e. The number of nitrogens with zero attached hydrogens (tertiary/aromatic N) is 2. The smallest absolute Gasteiger partial charge is 0.265 e. The van der Waals surface area contributed by atoms with Gasteiger partial charge in [0.2, 0.25) is 10.0 Å². The highest BCUT2D eigenvalue weighted by Gasteiger charge is 2.25. The highest BCUT2D eigenvalue weighted by molar-refractivity contribution is 7.89. The lowest BCUT2D eigenvalue weighted by atomic mass is 10.2. The zero-order valence-corrected chi connectivity index (χ0v) is 15.8. The number of fused-ring (bicyclic) bond motifs is 1. The second kappa shape index (κ2) is 7.08. The molecule has 0 saturated carbocycles. The third kappa shape index (κ3) is 3.88. The SMILES string of the molecule is Cc1cc(C)n(CCCNS(=O)(=O)c2ccc3c(c2)O[C@H](C)C(=O)N3)n1. The van der Waals surface area contributed by atoms with Crippen LogP contribution >= 0.6 is 0 Å². The van der Waals surface area contributed by atoms with Crippen molar-refractivity contribution in [1.82, 2.24) is 14.5 Å². The normalized spacial score (nSPS) is 16.7. The Morgan fingerprint density at radius 1 is 1.31 bits per heavy atom. The first-order valence-corrected chi connectivity index (χ1v) is 9.87. The van der Waals surface area contributed by atoms with Gasteiger partial charge in [-0.1, -0.05) is 0 Å². The van der Waals surface area contributed by atoms with Gasteiger partial charge in [0.25, 0.3) is 5.91 Å². The van der Waals surface area contributed by atoms with Gasteiger partial charge >= 0.3 is 0 Å². The fourth-order valence-electron chi connectivity index (χ4n) is 2.77. The van der Waals surface area contributed by atoms with Crippen molar-refractivity contribution in [2.45, 2.75) is 44.7 Å². The monoisotopic (exact) mass is 378 g/mol. The number of aryl methyl sites for hydroxylation is 3. The predicted molar refractivity (Wildman–Crippen MR) is 96.7 cm³/mol. The molecule has 2 N–H and O–H groups in total. The van der Waals surface area contributed by atoms with Gasteiger partial charge in [0.05, 0.1) is 16.3 Å². The van der Waals surface area contributed by atoms with Crippen molar-refractivity contribution < 1.29 is 17.9 Å². The standard InChI is InChI=1S/C17H22N4O4S/c1-11-9-12(2)21(20-11)8-4-7-18-26(23,24)14-5-6-15-16(10-14)25-13(3)17(22)19-15/h5-6,9-10,13,18H,4,7-8H2,1-3H3,(H,19,22)/t13-/m1/s1. The average Bonchev–Trinajstić information content (AvgIpc) is 2.90.